The number of amides is 1. The Labute approximate surface area is 147 Å². The molecule has 1 N–H and O–H groups in total. The number of benzene rings is 1. The largest absolute Gasteiger partial charge is 0.494 e. The van der Waals surface area contributed by atoms with Crippen molar-refractivity contribution >= 4 is 11.7 Å². The molecule has 3 rings (SSSR count). The Morgan fingerprint density at radius 3 is 2.92 bits per heavy atom. The van der Waals surface area contributed by atoms with Crippen molar-refractivity contribution in [1.29, 1.82) is 0 Å². The van der Waals surface area contributed by atoms with Crippen LogP contribution in [0.2, 0.25) is 0 Å². The lowest BCUT2D eigenvalue weighted by molar-refractivity contribution is -0.132. The molecule has 2 aromatic rings. The number of aryl methyl sites for hydroxylation is 1. The van der Waals surface area contributed by atoms with Gasteiger partial charge < -0.3 is 14.6 Å². The van der Waals surface area contributed by atoms with Crippen molar-refractivity contribution in [2.24, 2.45) is 0 Å². The first-order valence-corrected chi connectivity index (χ1v) is 8.64. The first kappa shape index (κ1) is 17.2. The van der Waals surface area contributed by atoms with E-state index < -0.39 is 0 Å². The predicted molar refractivity (Wildman–Crippen MR) is 93.6 cm³/mol. The van der Waals surface area contributed by atoms with Crippen LogP contribution in [-0.2, 0) is 17.8 Å². The lowest BCUT2D eigenvalue weighted by Crippen LogP contribution is -2.36. The highest BCUT2D eigenvalue weighted by atomic mass is 16.5. The zero-order valence-electron chi connectivity index (χ0n) is 14.7. The molecule has 6 heteroatoms. The molecule has 0 spiro atoms. The third kappa shape index (κ3) is 3.90. The zero-order chi connectivity index (χ0) is 17.8. The van der Waals surface area contributed by atoms with Gasteiger partial charge in [0, 0.05) is 31.4 Å². The van der Waals surface area contributed by atoms with E-state index in [0.717, 1.165) is 29.1 Å². The van der Waals surface area contributed by atoms with E-state index in [2.05, 4.69) is 9.97 Å². The SMILES string of the molecule is CCOc1ccc(C(=O)CCC(=O)N2CCc3nc[nH]c3C2)cc1C. The molecule has 2 heterocycles. The molecule has 1 aliphatic heterocycles. The molecule has 0 saturated carbocycles. The van der Waals surface area contributed by atoms with Crippen LogP contribution >= 0.6 is 0 Å². The van der Waals surface area contributed by atoms with E-state index in [4.69, 9.17) is 4.74 Å². The van der Waals surface area contributed by atoms with Gasteiger partial charge >= 0.3 is 0 Å². The van der Waals surface area contributed by atoms with Gasteiger partial charge in [0.05, 0.1) is 30.9 Å². The summed E-state index contributed by atoms with van der Waals surface area (Å²) >= 11 is 0. The number of carbonyl (C=O) groups is 2. The molecule has 0 fully saturated rings. The molecule has 1 aromatic carbocycles. The average Bonchev–Trinajstić information content (AvgIpc) is 3.09. The molecule has 6 nitrogen and oxygen atoms in total. The Hall–Kier alpha value is -2.63. The van der Waals surface area contributed by atoms with E-state index in [0.29, 0.717) is 25.3 Å². The zero-order valence-corrected chi connectivity index (χ0v) is 14.7. The number of H-pyrrole nitrogens is 1. The molecule has 1 amide bonds. The maximum Gasteiger partial charge on any atom is 0.223 e. The number of ether oxygens (including phenoxy) is 1. The second-order valence-electron chi connectivity index (χ2n) is 6.23. The number of fused-ring (bicyclic) bond motifs is 1. The standard InChI is InChI=1S/C19H23N3O3/c1-3-25-18-6-4-14(10-13(18)2)17(23)5-7-19(24)22-9-8-15-16(11-22)21-12-20-15/h4,6,10,12H,3,5,7-9,11H2,1-2H3,(H,20,21). The minimum atomic E-state index is -0.0151. The van der Waals surface area contributed by atoms with Gasteiger partial charge in [-0.2, -0.15) is 0 Å². The molecule has 132 valence electrons. The fourth-order valence-electron chi connectivity index (χ4n) is 3.09. The number of aromatic amines is 1. The molecule has 1 aliphatic rings. The van der Waals surface area contributed by atoms with E-state index in [-0.39, 0.29) is 24.5 Å². The fraction of sp³-hybridized carbons (Fsp3) is 0.421. The first-order valence-electron chi connectivity index (χ1n) is 8.64. The van der Waals surface area contributed by atoms with Crippen molar-refractivity contribution in [3.63, 3.8) is 0 Å². The number of hydrogen-bond donors (Lipinski definition) is 1. The minimum Gasteiger partial charge on any atom is -0.494 e. The van der Waals surface area contributed by atoms with Crippen molar-refractivity contribution in [3.05, 3.63) is 47.0 Å². The third-order valence-corrected chi connectivity index (χ3v) is 4.49. The summed E-state index contributed by atoms with van der Waals surface area (Å²) in [6.45, 7) is 5.65. The van der Waals surface area contributed by atoms with Gasteiger partial charge in [-0.1, -0.05) is 0 Å². The van der Waals surface area contributed by atoms with Crippen LogP contribution in [0.1, 0.15) is 47.1 Å². The molecule has 0 aliphatic carbocycles. The lowest BCUT2D eigenvalue weighted by Gasteiger charge is -2.26. The van der Waals surface area contributed by atoms with Gasteiger partial charge in [0.15, 0.2) is 5.78 Å². The van der Waals surface area contributed by atoms with Crippen molar-refractivity contribution in [2.75, 3.05) is 13.2 Å². The Balaban J connectivity index is 1.55. The van der Waals surface area contributed by atoms with Gasteiger partial charge in [0.2, 0.25) is 5.91 Å². The van der Waals surface area contributed by atoms with Crippen LogP contribution in [0.25, 0.3) is 0 Å². The van der Waals surface area contributed by atoms with Crippen LogP contribution < -0.4 is 4.74 Å². The van der Waals surface area contributed by atoms with E-state index >= 15 is 0 Å². The second-order valence-corrected chi connectivity index (χ2v) is 6.23. The van der Waals surface area contributed by atoms with E-state index in [1.807, 2.05) is 26.0 Å². The number of rotatable bonds is 6. The number of Topliss-reactive ketones (excluding diaryl/α,β-unsaturated/α-hetero) is 1. The molecule has 0 saturated heterocycles. The van der Waals surface area contributed by atoms with Crippen LogP contribution in [-0.4, -0.2) is 39.7 Å². The highest BCUT2D eigenvalue weighted by Gasteiger charge is 2.22. The van der Waals surface area contributed by atoms with Crippen LogP contribution in [0.3, 0.4) is 0 Å². The summed E-state index contributed by atoms with van der Waals surface area (Å²) in [5, 5.41) is 0. The van der Waals surface area contributed by atoms with Crippen molar-refractivity contribution in [2.45, 2.75) is 39.7 Å². The van der Waals surface area contributed by atoms with Crippen molar-refractivity contribution in [3.8, 4) is 5.75 Å². The number of nitrogens with one attached hydrogen (secondary N) is 1. The monoisotopic (exact) mass is 341 g/mol. The number of carbonyl (C=O) groups excluding carboxylic acids is 2. The maximum absolute atomic E-state index is 12.4. The molecule has 0 unspecified atom stereocenters. The van der Waals surface area contributed by atoms with Crippen LogP contribution in [0, 0.1) is 6.92 Å². The maximum atomic E-state index is 12.4. The van der Waals surface area contributed by atoms with Crippen molar-refractivity contribution < 1.29 is 14.3 Å². The molecule has 0 radical (unpaired) electrons. The van der Waals surface area contributed by atoms with Gasteiger partial charge in [0.25, 0.3) is 0 Å². The molecule has 0 bridgehead atoms. The van der Waals surface area contributed by atoms with E-state index in [1.54, 1.807) is 17.3 Å². The van der Waals surface area contributed by atoms with Gasteiger partial charge in [-0.25, -0.2) is 4.98 Å². The second kappa shape index (κ2) is 7.51. The Morgan fingerprint density at radius 1 is 1.32 bits per heavy atom. The van der Waals surface area contributed by atoms with E-state index in [9.17, 15) is 9.59 Å². The number of imidazole rings is 1. The highest BCUT2D eigenvalue weighted by molar-refractivity contribution is 5.98. The summed E-state index contributed by atoms with van der Waals surface area (Å²) in [6.07, 6.45) is 2.88. The van der Waals surface area contributed by atoms with Crippen LogP contribution in [0.4, 0.5) is 0 Å². The topological polar surface area (TPSA) is 75.3 Å². The quantitative estimate of drug-likeness (QED) is 0.820. The van der Waals surface area contributed by atoms with Gasteiger partial charge in [0.1, 0.15) is 5.75 Å². The van der Waals surface area contributed by atoms with Gasteiger partial charge in [-0.3, -0.25) is 9.59 Å². The predicted octanol–water partition coefficient (Wildman–Crippen LogP) is 2.66. The van der Waals surface area contributed by atoms with E-state index in [1.165, 1.54) is 0 Å². The van der Waals surface area contributed by atoms with Crippen molar-refractivity contribution in [1.82, 2.24) is 14.9 Å². The fourth-order valence-corrected chi connectivity index (χ4v) is 3.09. The average molecular weight is 341 g/mol. The summed E-state index contributed by atoms with van der Waals surface area (Å²) in [7, 11) is 0. The summed E-state index contributed by atoms with van der Waals surface area (Å²) in [5.41, 5.74) is 3.59. The number of nitrogens with zero attached hydrogens (tertiary/aromatic N) is 2. The summed E-state index contributed by atoms with van der Waals surface area (Å²) < 4.78 is 5.49. The number of aromatic nitrogens is 2. The summed E-state index contributed by atoms with van der Waals surface area (Å²) in [5.74, 6) is 0.786. The number of hydrogen-bond acceptors (Lipinski definition) is 4. The first-order chi connectivity index (χ1) is 12.1. The molecule has 25 heavy (non-hydrogen) atoms. The highest BCUT2D eigenvalue weighted by Crippen LogP contribution is 2.21. The smallest absolute Gasteiger partial charge is 0.223 e. The number of ketones is 1. The molecule has 1 aromatic heterocycles. The summed E-state index contributed by atoms with van der Waals surface area (Å²) in [6, 6.07) is 5.41. The normalized spacial score (nSPS) is 13.4. The Bertz CT molecular complexity index is 782. The minimum absolute atomic E-state index is 0.0104. The van der Waals surface area contributed by atoms with Gasteiger partial charge in [-0.05, 0) is 37.6 Å². The molecular formula is C19H23N3O3. The Kier molecular flexibility index (Phi) is 5.16. The Morgan fingerprint density at radius 2 is 2.16 bits per heavy atom. The van der Waals surface area contributed by atoms with Crippen LogP contribution in [0.5, 0.6) is 5.75 Å². The molecular weight excluding hydrogens is 318 g/mol. The van der Waals surface area contributed by atoms with Gasteiger partial charge in [-0.15, -0.1) is 0 Å². The third-order valence-electron chi connectivity index (χ3n) is 4.49. The molecule has 0 atom stereocenters. The lowest BCUT2D eigenvalue weighted by atomic mass is 10.0. The summed E-state index contributed by atoms with van der Waals surface area (Å²) in [4.78, 5) is 33.9. The van der Waals surface area contributed by atoms with Crippen LogP contribution in [0.15, 0.2) is 24.5 Å².